The van der Waals surface area contributed by atoms with Crippen LogP contribution in [0.5, 0.6) is 0 Å². The maximum atomic E-state index is 6.24. The van der Waals surface area contributed by atoms with Crippen molar-refractivity contribution in [2.45, 2.75) is 46.5 Å². The lowest BCUT2D eigenvalue weighted by atomic mass is 10.1. The molecule has 26 heavy (non-hydrogen) atoms. The second kappa shape index (κ2) is 8.41. The summed E-state index contributed by atoms with van der Waals surface area (Å²) in [5, 5.41) is 5.45. The Morgan fingerprint density at radius 3 is 2.77 bits per heavy atom. The second-order valence-corrected chi connectivity index (χ2v) is 6.88. The number of halogens is 1. The zero-order valence-corrected chi connectivity index (χ0v) is 16.5. The molecule has 4 heteroatoms. The molecule has 0 unspecified atom stereocenters. The molecule has 0 aliphatic carbocycles. The maximum Gasteiger partial charge on any atom is 0.139 e. The van der Waals surface area contributed by atoms with Crippen molar-refractivity contribution in [2.24, 2.45) is 0 Å². The SMILES string of the molecule is CC/C=C(\CCC)c1cc2c(Nc3ccc(Cl)c(CC)c3)ccnc2[nH]1. The first kappa shape index (κ1) is 18.5. The van der Waals surface area contributed by atoms with Gasteiger partial charge in [0.2, 0.25) is 0 Å². The predicted octanol–water partition coefficient (Wildman–Crippen LogP) is 7.12. The van der Waals surface area contributed by atoms with Gasteiger partial charge in [-0.05, 0) is 60.7 Å². The van der Waals surface area contributed by atoms with E-state index in [0.29, 0.717) is 0 Å². The first-order chi connectivity index (χ1) is 12.7. The van der Waals surface area contributed by atoms with E-state index in [2.05, 4.69) is 54.3 Å². The standard InChI is InChI=1S/C22H26ClN3/c1-4-7-16(8-5-2)21-14-18-20(11-12-24-22(18)26-21)25-17-9-10-19(23)15(6-3)13-17/h7,9-14H,4-6,8H2,1-3H3,(H2,24,25,26)/b16-7+. The monoisotopic (exact) mass is 367 g/mol. The first-order valence-corrected chi connectivity index (χ1v) is 9.76. The number of pyridine rings is 1. The van der Waals surface area contributed by atoms with Gasteiger partial charge < -0.3 is 10.3 Å². The molecule has 0 spiro atoms. The number of aryl methyl sites for hydroxylation is 1. The van der Waals surface area contributed by atoms with Gasteiger partial charge in [0, 0.05) is 28.0 Å². The van der Waals surface area contributed by atoms with Crippen LogP contribution in [0.1, 0.15) is 51.3 Å². The normalized spacial score (nSPS) is 11.9. The van der Waals surface area contributed by atoms with Crippen molar-refractivity contribution >= 4 is 39.6 Å². The summed E-state index contributed by atoms with van der Waals surface area (Å²) in [6.07, 6.45) is 8.29. The molecule has 1 aromatic carbocycles. The summed E-state index contributed by atoms with van der Waals surface area (Å²) in [6.45, 7) is 6.50. The van der Waals surface area contributed by atoms with E-state index in [9.17, 15) is 0 Å². The van der Waals surface area contributed by atoms with Crippen molar-refractivity contribution in [3.05, 3.63) is 58.9 Å². The molecule has 0 aliphatic heterocycles. The van der Waals surface area contributed by atoms with Crippen LogP contribution in [0.25, 0.3) is 16.6 Å². The van der Waals surface area contributed by atoms with E-state index in [-0.39, 0.29) is 0 Å². The van der Waals surface area contributed by atoms with Crippen LogP contribution in [-0.4, -0.2) is 9.97 Å². The quantitative estimate of drug-likeness (QED) is 0.466. The van der Waals surface area contributed by atoms with Crippen molar-refractivity contribution < 1.29 is 0 Å². The highest BCUT2D eigenvalue weighted by Gasteiger charge is 2.10. The van der Waals surface area contributed by atoms with Crippen LogP contribution in [0.2, 0.25) is 5.02 Å². The van der Waals surface area contributed by atoms with E-state index in [4.69, 9.17) is 11.6 Å². The number of hydrogen-bond donors (Lipinski definition) is 2. The van der Waals surface area contributed by atoms with Gasteiger partial charge in [0.1, 0.15) is 5.65 Å². The molecular formula is C22H26ClN3. The molecule has 0 aliphatic rings. The molecule has 2 aromatic heterocycles. The summed E-state index contributed by atoms with van der Waals surface area (Å²) in [7, 11) is 0. The highest BCUT2D eigenvalue weighted by molar-refractivity contribution is 6.31. The topological polar surface area (TPSA) is 40.7 Å². The van der Waals surface area contributed by atoms with Gasteiger partial charge in [-0.3, -0.25) is 0 Å². The summed E-state index contributed by atoms with van der Waals surface area (Å²) < 4.78 is 0. The Balaban J connectivity index is 1.98. The highest BCUT2D eigenvalue weighted by Crippen LogP contribution is 2.31. The van der Waals surface area contributed by atoms with Crippen LogP contribution in [0.15, 0.2) is 42.6 Å². The van der Waals surface area contributed by atoms with Gasteiger partial charge in [-0.25, -0.2) is 4.98 Å². The summed E-state index contributed by atoms with van der Waals surface area (Å²) in [4.78, 5) is 7.99. The van der Waals surface area contributed by atoms with E-state index in [1.54, 1.807) is 0 Å². The minimum atomic E-state index is 0.816. The number of hydrogen-bond acceptors (Lipinski definition) is 2. The number of nitrogens with one attached hydrogen (secondary N) is 2. The zero-order chi connectivity index (χ0) is 18.5. The number of allylic oxidation sites excluding steroid dienone is 2. The third-order valence-electron chi connectivity index (χ3n) is 4.55. The smallest absolute Gasteiger partial charge is 0.139 e. The van der Waals surface area contributed by atoms with Gasteiger partial charge in [0.05, 0.1) is 5.69 Å². The number of benzene rings is 1. The van der Waals surface area contributed by atoms with Crippen LogP contribution in [-0.2, 0) is 6.42 Å². The van der Waals surface area contributed by atoms with Crippen molar-refractivity contribution in [3.63, 3.8) is 0 Å². The number of rotatable bonds is 7. The molecule has 0 bridgehead atoms. The molecule has 3 rings (SSSR count). The Kier molecular flexibility index (Phi) is 6.00. The van der Waals surface area contributed by atoms with E-state index < -0.39 is 0 Å². The Morgan fingerprint density at radius 2 is 2.04 bits per heavy atom. The van der Waals surface area contributed by atoms with Crippen LogP contribution in [0.4, 0.5) is 11.4 Å². The summed E-state index contributed by atoms with van der Waals surface area (Å²) in [5.74, 6) is 0. The fourth-order valence-corrected chi connectivity index (χ4v) is 3.50. The summed E-state index contributed by atoms with van der Waals surface area (Å²) in [5.41, 5.74) is 6.67. The van der Waals surface area contributed by atoms with Crippen LogP contribution >= 0.6 is 11.6 Å². The molecule has 2 heterocycles. The lowest BCUT2D eigenvalue weighted by molar-refractivity contribution is 0.962. The van der Waals surface area contributed by atoms with Gasteiger partial charge in [-0.15, -0.1) is 0 Å². The molecule has 0 saturated carbocycles. The largest absolute Gasteiger partial charge is 0.355 e. The summed E-state index contributed by atoms with van der Waals surface area (Å²) >= 11 is 6.24. The van der Waals surface area contributed by atoms with E-state index >= 15 is 0 Å². The third-order valence-corrected chi connectivity index (χ3v) is 4.92. The minimum absolute atomic E-state index is 0.816. The van der Waals surface area contributed by atoms with Crippen molar-refractivity contribution in [1.29, 1.82) is 0 Å². The van der Waals surface area contributed by atoms with E-state index in [1.807, 2.05) is 24.4 Å². The Hall–Kier alpha value is -2.26. The molecule has 2 N–H and O–H groups in total. The molecule has 0 atom stereocenters. The molecular weight excluding hydrogens is 342 g/mol. The number of fused-ring (bicyclic) bond motifs is 1. The molecule has 0 saturated heterocycles. The number of aromatic nitrogens is 2. The third kappa shape index (κ3) is 3.94. The first-order valence-electron chi connectivity index (χ1n) is 9.38. The van der Waals surface area contributed by atoms with Crippen LogP contribution < -0.4 is 5.32 Å². The van der Waals surface area contributed by atoms with Gasteiger partial charge in [-0.1, -0.05) is 44.9 Å². The van der Waals surface area contributed by atoms with Crippen molar-refractivity contribution in [2.75, 3.05) is 5.32 Å². The molecule has 136 valence electrons. The van der Waals surface area contributed by atoms with Gasteiger partial charge in [0.25, 0.3) is 0 Å². The zero-order valence-electron chi connectivity index (χ0n) is 15.7. The highest BCUT2D eigenvalue weighted by atomic mass is 35.5. The van der Waals surface area contributed by atoms with Gasteiger partial charge in [0.15, 0.2) is 0 Å². The van der Waals surface area contributed by atoms with Gasteiger partial charge in [-0.2, -0.15) is 0 Å². The second-order valence-electron chi connectivity index (χ2n) is 6.48. The molecule has 0 radical (unpaired) electrons. The Bertz CT molecular complexity index is 924. The Morgan fingerprint density at radius 1 is 1.19 bits per heavy atom. The number of aromatic amines is 1. The fraction of sp³-hybridized carbons (Fsp3) is 0.318. The lowest BCUT2D eigenvalue weighted by Gasteiger charge is -2.10. The summed E-state index contributed by atoms with van der Waals surface area (Å²) in [6, 6.07) is 10.3. The van der Waals surface area contributed by atoms with Crippen LogP contribution in [0, 0.1) is 0 Å². The molecule has 3 aromatic rings. The average molecular weight is 368 g/mol. The van der Waals surface area contributed by atoms with Crippen molar-refractivity contribution in [1.82, 2.24) is 9.97 Å². The number of nitrogens with zero attached hydrogens (tertiary/aromatic N) is 1. The van der Waals surface area contributed by atoms with Gasteiger partial charge >= 0.3 is 0 Å². The number of H-pyrrole nitrogens is 1. The van der Waals surface area contributed by atoms with Crippen LogP contribution in [0.3, 0.4) is 0 Å². The average Bonchev–Trinajstić information content (AvgIpc) is 3.08. The molecule has 3 nitrogen and oxygen atoms in total. The Labute approximate surface area is 160 Å². The number of anilines is 2. The predicted molar refractivity (Wildman–Crippen MR) is 113 cm³/mol. The fourth-order valence-electron chi connectivity index (χ4n) is 3.25. The van der Waals surface area contributed by atoms with E-state index in [1.165, 1.54) is 5.57 Å². The molecule has 0 fully saturated rings. The van der Waals surface area contributed by atoms with E-state index in [0.717, 1.165) is 64.4 Å². The minimum Gasteiger partial charge on any atom is -0.355 e. The van der Waals surface area contributed by atoms with Crippen molar-refractivity contribution in [3.8, 4) is 0 Å². The maximum absolute atomic E-state index is 6.24. The lowest BCUT2D eigenvalue weighted by Crippen LogP contribution is -1.93. The molecule has 0 amide bonds.